The van der Waals surface area contributed by atoms with Crippen LogP contribution in [0.1, 0.15) is 27.2 Å². The van der Waals surface area contributed by atoms with Crippen LogP contribution < -0.4 is 10.6 Å². The van der Waals surface area contributed by atoms with E-state index in [1.54, 1.807) is 0 Å². The lowest BCUT2D eigenvalue weighted by Gasteiger charge is -2.24. The van der Waals surface area contributed by atoms with Gasteiger partial charge in [0.05, 0.1) is 0 Å². The van der Waals surface area contributed by atoms with E-state index in [2.05, 4.69) is 35.0 Å². The third kappa shape index (κ3) is 2.55. The van der Waals surface area contributed by atoms with Gasteiger partial charge in [-0.05, 0) is 20.3 Å². The summed E-state index contributed by atoms with van der Waals surface area (Å²) < 4.78 is 3.97. The van der Waals surface area contributed by atoms with Crippen LogP contribution in [0.5, 0.6) is 0 Å². The Kier molecular flexibility index (Phi) is 3.48. The number of aromatic nitrogens is 2. The smallest absolute Gasteiger partial charge is 0.233 e. The lowest BCUT2D eigenvalue weighted by Crippen LogP contribution is -2.31. The van der Waals surface area contributed by atoms with E-state index < -0.39 is 0 Å². The Hall–Kier alpha value is -0.840. The summed E-state index contributed by atoms with van der Waals surface area (Å²) in [5.74, 6) is 0.377. The third-order valence-electron chi connectivity index (χ3n) is 1.76. The molecule has 2 N–H and O–H groups in total. The Morgan fingerprint density at radius 2 is 2.23 bits per heavy atom. The molecule has 0 amide bonds. The molecule has 0 aliphatic heterocycles. The van der Waals surface area contributed by atoms with Crippen molar-refractivity contribution in [2.45, 2.75) is 33.2 Å². The van der Waals surface area contributed by atoms with Crippen molar-refractivity contribution in [3.63, 3.8) is 0 Å². The molecule has 74 valence electrons. The van der Waals surface area contributed by atoms with E-state index in [4.69, 9.17) is 5.73 Å². The van der Waals surface area contributed by atoms with Gasteiger partial charge in [0, 0.05) is 24.1 Å². The molecule has 1 rings (SSSR count). The number of hydrogen-bond acceptors (Lipinski definition) is 5. The fourth-order valence-corrected chi connectivity index (χ4v) is 1.92. The number of nitrogens with two attached hydrogens (primary N) is 1. The van der Waals surface area contributed by atoms with Crippen LogP contribution >= 0.6 is 11.5 Å². The Morgan fingerprint density at radius 1 is 1.54 bits per heavy atom. The molecule has 0 fully saturated rings. The molecule has 0 unspecified atom stereocenters. The van der Waals surface area contributed by atoms with Gasteiger partial charge >= 0.3 is 0 Å². The fourth-order valence-electron chi connectivity index (χ4n) is 1.16. The maximum absolute atomic E-state index is 5.47. The van der Waals surface area contributed by atoms with Crippen molar-refractivity contribution in [1.82, 2.24) is 9.36 Å². The summed E-state index contributed by atoms with van der Waals surface area (Å²) in [5, 5.41) is 0.925. The van der Waals surface area contributed by atoms with E-state index in [1.165, 1.54) is 11.5 Å². The van der Waals surface area contributed by atoms with Crippen molar-refractivity contribution < 1.29 is 0 Å². The molecule has 0 bridgehead atoms. The summed E-state index contributed by atoms with van der Waals surface area (Å²) in [5.41, 5.74) is 5.47. The number of rotatable bonds is 4. The minimum atomic E-state index is 0.377. The fraction of sp³-hybridized carbons (Fsp3) is 0.750. The van der Waals surface area contributed by atoms with E-state index in [-0.39, 0.29) is 0 Å². The van der Waals surface area contributed by atoms with Crippen LogP contribution in [0.2, 0.25) is 0 Å². The highest BCUT2D eigenvalue weighted by molar-refractivity contribution is 7.09. The molecule has 0 spiro atoms. The van der Waals surface area contributed by atoms with Gasteiger partial charge in [-0.2, -0.15) is 9.36 Å². The summed E-state index contributed by atoms with van der Waals surface area (Å²) in [6, 6.07) is 0.451. The molecule has 1 heterocycles. The van der Waals surface area contributed by atoms with E-state index in [0.29, 0.717) is 12.0 Å². The second kappa shape index (κ2) is 4.41. The van der Waals surface area contributed by atoms with Crippen LogP contribution in [-0.4, -0.2) is 21.9 Å². The van der Waals surface area contributed by atoms with Gasteiger partial charge in [0.25, 0.3) is 0 Å². The maximum atomic E-state index is 5.47. The first-order valence-corrected chi connectivity index (χ1v) is 5.28. The summed E-state index contributed by atoms with van der Waals surface area (Å²) in [7, 11) is 0. The van der Waals surface area contributed by atoms with Gasteiger partial charge in [0.2, 0.25) is 11.1 Å². The van der Waals surface area contributed by atoms with Crippen LogP contribution in [-0.2, 0) is 0 Å². The van der Waals surface area contributed by atoms with E-state index in [1.807, 2.05) is 0 Å². The van der Waals surface area contributed by atoms with Gasteiger partial charge in [-0.15, -0.1) is 0 Å². The molecule has 1 aromatic heterocycles. The molecular weight excluding hydrogens is 184 g/mol. The molecular formula is C8H16N4S. The maximum Gasteiger partial charge on any atom is 0.233 e. The van der Waals surface area contributed by atoms with E-state index in [9.17, 15) is 0 Å². The van der Waals surface area contributed by atoms with Crippen LogP contribution in [0.15, 0.2) is 0 Å². The minimum Gasteiger partial charge on any atom is -0.367 e. The molecule has 0 saturated heterocycles. The van der Waals surface area contributed by atoms with Crippen molar-refractivity contribution in [2.24, 2.45) is 0 Å². The van der Waals surface area contributed by atoms with Crippen LogP contribution in [0, 0.1) is 0 Å². The average Bonchev–Trinajstić information content (AvgIpc) is 2.46. The van der Waals surface area contributed by atoms with Gasteiger partial charge in [0.1, 0.15) is 0 Å². The topological polar surface area (TPSA) is 55.0 Å². The van der Waals surface area contributed by atoms with Gasteiger partial charge in [-0.25, -0.2) is 0 Å². The van der Waals surface area contributed by atoms with Crippen molar-refractivity contribution in [3.05, 3.63) is 0 Å². The predicted octanol–water partition coefficient (Wildman–Crippen LogP) is 1.75. The monoisotopic (exact) mass is 200 g/mol. The molecule has 0 saturated carbocycles. The number of hydrogen-bond donors (Lipinski definition) is 1. The molecule has 0 radical (unpaired) electrons. The van der Waals surface area contributed by atoms with Crippen molar-refractivity contribution in [2.75, 3.05) is 17.2 Å². The Bertz CT molecular complexity index is 258. The quantitative estimate of drug-likeness (QED) is 0.804. The Balaban J connectivity index is 2.75. The molecule has 4 nitrogen and oxygen atoms in total. The van der Waals surface area contributed by atoms with Crippen LogP contribution in [0.4, 0.5) is 11.1 Å². The number of nitrogen functional groups attached to an aromatic ring is 1. The van der Waals surface area contributed by atoms with Crippen LogP contribution in [0.3, 0.4) is 0 Å². The molecule has 0 aliphatic carbocycles. The first-order chi connectivity index (χ1) is 6.15. The summed E-state index contributed by atoms with van der Waals surface area (Å²) in [6.45, 7) is 7.45. The zero-order valence-corrected chi connectivity index (χ0v) is 9.14. The van der Waals surface area contributed by atoms with Crippen LogP contribution in [0.25, 0.3) is 0 Å². The third-order valence-corrected chi connectivity index (χ3v) is 2.53. The zero-order chi connectivity index (χ0) is 9.84. The average molecular weight is 200 g/mol. The summed E-state index contributed by atoms with van der Waals surface area (Å²) >= 11 is 1.37. The highest BCUT2D eigenvalue weighted by atomic mass is 32.1. The SMILES string of the molecule is CCCN(c1nc(N)ns1)C(C)C. The molecule has 0 atom stereocenters. The Labute approximate surface area is 82.9 Å². The predicted molar refractivity (Wildman–Crippen MR) is 57.1 cm³/mol. The highest BCUT2D eigenvalue weighted by Gasteiger charge is 2.13. The van der Waals surface area contributed by atoms with Gasteiger partial charge in [-0.3, -0.25) is 0 Å². The normalized spacial score (nSPS) is 10.8. The highest BCUT2D eigenvalue weighted by Crippen LogP contribution is 2.20. The second-order valence-electron chi connectivity index (χ2n) is 3.22. The van der Waals surface area contributed by atoms with Crippen molar-refractivity contribution in [1.29, 1.82) is 0 Å². The number of nitrogens with zero attached hydrogens (tertiary/aromatic N) is 3. The molecule has 13 heavy (non-hydrogen) atoms. The first kappa shape index (κ1) is 10.2. The van der Waals surface area contributed by atoms with Crippen molar-refractivity contribution in [3.8, 4) is 0 Å². The Morgan fingerprint density at radius 3 is 2.62 bits per heavy atom. The molecule has 1 aromatic rings. The lowest BCUT2D eigenvalue weighted by molar-refractivity contribution is 0.669. The standard InChI is InChI=1S/C8H16N4S/c1-4-5-12(6(2)3)8-10-7(9)11-13-8/h6H,4-5H2,1-3H3,(H2,9,11). The van der Waals surface area contributed by atoms with E-state index in [0.717, 1.165) is 18.1 Å². The lowest BCUT2D eigenvalue weighted by atomic mass is 10.3. The molecule has 5 heteroatoms. The van der Waals surface area contributed by atoms with Gasteiger partial charge in [-0.1, -0.05) is 6.92 Å². The minimum absolute atomic E-state index is 0.377. The molecule has 0 aromatic carbocycles. The summed E-state index contributed by atoms with van der Waals surface area (Å²) in [6.07, 6.45) is 1.11. The summed E-state index contributed by atoms with van der Waals surface area (Å²) in [4.78, 5) is 6.38. The largest absolute Gasteiger partial charge is 0.367 e. The van der Waals surface area contributed by atoms with Gasteiger partial charge in [0.15, 0.2) is 0 Å². The van der Waals surface area contributed by atoms with Gasteiger partial charge < -0.3 is 10.6 Å². The van der Waals surface area contributed by atoms with Crippen molar-refractivity contribution >= 4 is 22.6 Å². The second-order valence-corrected chi connectivity index (χ2v) is 3.95. The van der Waals surface area contributed by atoms with E-state index >= 15 is 0 Å². The first-order valence-electron chi connectivity index (χ1n) is 4.51. The molecule has 0 aliphatic rings. The zero-order valence-electron chi connectivity index (χ0n) is 8.32. The number of anilines is 2.